The van der Waals surface area contributed by atoms with Crippen molar-refractivity contribution in [2.24, 2.45) is 0 Å². The standard InChI is InChI=1S/C10H16N2O5S/c1-3-16-9(13)8-11-12-10(18-8)17-7-6-15-5-4-14-2/h3-7H2,1-2H3. The molecule has 0 atom stereocenters. The molecular weight excluding hydrogens is 260 g/mol. The van der Waals surface area contributed by atoms with Crippen LogP contribution in [0.2, 0.25) is 0 Å². The minimum absolute atomic E-state index is 0.187. The molecule has 1 aromatic heterocycles. The largest absolute Gasteiger partial charge is 0.466 e. The zero-order chi connectivity index (χ0) is 13.2. The van der Waals surface area contributed by atoms with Gasteiger partial charge in [0.05, 0.1) is 26.4 Å². The molecule has 0 amide bonds. The number of hydrogen-bond donors (Lipinski definition) is 0. The molecule has 0 N–H and O–H groups in total. The highest BCUT2D eigenvalue weighted by molar-refractivity contribution is 7.14. The first kappa shape index (κ1) is 14.8. The van der Waals surface area contributed by atoms with E-state index in [1.165, 1.54) is 0 Å². The van der Waals surface area contributed by atoms with Gasteiger partial charge >= 0.3 is 5.97 Å². The fourth-order valence-corrected chi connectivity index (χ4v) is 1.59. The second-order valence-corrected chi connectivity index (χ2v) is 3.99. The molecule has 8 heteroatoms. The van der Waals surface area contributed by atoms with Gasteiger partial charge in [-0.15, -0.1) is 5.10 Å². The van der Waals surface area contributed by atoms with E-state index < -0.39 is 5.97 Å². The molecule has 0 spiro atoms. The number of carbonyl (C=O) groups is 1. The van der Waals surface area contributed by atoms with Crippen molar-refractivity contribution >= 4 is 17.3 Å². The number of esters is 1. The van der Waals surface area contributed by atoms with Crippen LogP contribution in [0.4, 0.5) is 0 Å². The number of carbonyl (C=O) groups excluding carboxylic acids is 1. The molecule has 1 heterocycles. The molecule has 102 valence electrons. The summed E-state index contributed by atoms with van der Waals surface area (Å²) in [6.07, 6.45) is 0. The van der Waals surface area contributed by atoms with E-state index in [4.69, 9.17) is 18.9 Å². The first-order valence-corrected chi connectivity index (χ1v) is 6.29. The Bertz CT molecular complexity index is 358. The SMILES string of the molecule is CCOC(=O)c1nnc(OCCOCCOC)s1. The molecule has 18 heavy (non-hydrogen) atoms. The Hall–Kier alpha value is -1.25. The second-order valence-electron chi connectivity index (χ2n) is 3.05. The summed E-state index contributed by atoms with van der Waals surface area (Å²) < 4.78 is 20.1. The van der Waals surface area contributed by atoms with Gasteiger partial charge in [-0.3, -0.25) is 0 Å². The van der Waals surface area contributed by atoms with Gasteiger partial charge in [0.1, 0.15) is 6.61 Å². The Morgan fingerprint density at radius 3 is 2.72 bits per heavy atom. The number of methoxy groups -OCH3 is 1. The summed E-state index contributed by atoms with van der Waals surface area (Å²) in [7, 11) is 1.61. The summed E-state index contributed by atoms with van der Waals surface area (Å²) in [5, 5.41) is 7.90. The van der Waals surface area contributed by atoms with Gasteiger partial charge in [-0.2, -0.15) is 0 Å². The fraction of sp³-hybridized carbons (Fsp3) is 0.700. The first-order chi connectivity index (χ1) is 8.77. The summed E-state index contributed by atoms with van der Waals surface area (Å²) in [5.74, 6) is -0.485. The third kappa shape index (κ3) is 5.39. The van der Waals surface area contributed by atoms with Crippen molar-refractivity contribution in [2.75, 3.05) is 40.1 Å². The molecule has 0 fully saturated rings. The van der Waals surface area contributed by atoms with Gasteiger partial charge in [0.2, 0.25) is 5.01 Å². The lowest BCUT2D eigenvalue weighted by Gasteiger charge is -2.03. The van der Waals surface area contributed by atoms with Gasteiger partial charge in [0.15, 0.2) is 0 Å². The van der Waals surface area contributed by atoms with Crippen LogP contribution in [0.15, 0.2) is 0 Å². The van der Waals surface area contributed by atoms with Gasteiger partial charge in [-0.25, -0.2) is 4.79 Å². The Labute approximate surface area is 109 Å². The van der Waals surface area contributed by atoms with E-state index in [1.54, 1.807) is 14.0 Å². The summed E-state index contributed by atoms with van der Waals surface area (Å²) in [5.41, 5.74) is 0. The molecule has 0 aliphatic rings. The summed E-state index contributed by atoms with van der Waals surface area (Å²) >= 11 is 1.05. The predicted molar refractivity (Wildman–Crippen MR) is 64.1 cm³/mol. The van der Waals surface area contributed by atoms with Crippen molar-refractivity contribution < 1.29 is 23.7 Å². The van der Waals surface area contributed by atoms with Gasteiger partial charge < -0.3 is 18.9 Å². The average Bonchev–Trinajstić information content (AvgIpc) is 2.83. The lowest BCUT2D eigenvalue weighted by Crippen LogP contribution is -2.09. The normalized spacial score (nSPS) is 10.3. The first-order valence-electron chi connectivity index (χ1n) is 5.48. The van der Waals surface area contributed by atoms with Crippen LogP contribution in [0.5, 0.6) is 5.19 Å². The Morgan fingerprint density at radius 2 is 2.00 bits per heavy atom. The van der Waals surface area contributed by atoms with Crippen molar-refractivity contribution in [1.82, 2.24) is 10.2 Å². The second kappa shape index (κ2) is 8.78. The highest BCUT2D eigenvalue weighted by Crippen LogP contribution is 2.18. The molecule has 7 nitrogen and oxygen atoms in total. The number of hydrogen-bond acceptors (Lipinski definition) is 8. The van der Waals surface area contributed by atoms with Gasteiger partial charge in [-0.1, -0.05) is 5.10 Å². The maximum absolute atomic E-state index is 11.3. The average molecular weight is 276 g/mol. The molecule has 0 bridgehead atoms. The predicted octanol–water partition coefficient (Wildman–Crippen LogP) is 0.757. The van der Waals surface area contributed by atoms with Crippen molar-refractivity contribution in [3.63, 3.8) is 0 Å². The minimum atomic E-state index is -0.485. The summed E-state index contributed by atoms with van der Waals surface area (Å²) in [6.45, 7) is 3.88. The molecule has 0 aliphatic carbocycles. The summed E-state index contributed by atoms with van der Waals surface area (Å²) in [6, 6.07) is 0. The van der Waals surface area contributed by atoms with Crippen LogP contribution in [0.25, 0.3) is 0 Å². The molecule has 1 rings (SSSR count). The van der Waals surface area contributed by atoms with E-state index in [0.717, 1.165) is 11.3 Å². The maximum Gasteiger partial charge on any atom is 0.369 e. The molecule has 0 radical (unpaired) electrons. The van der Waals surface area contributed by atoms with E-state index in [0.29, 0.717) is 38.2 Å². The fourth-order valence-electron chi connectivity index (χ4n) is 0.976. The summed E-state index contributed by atoms with van der Waals surface area (Å²) in [4.78, 5) is 11.3. The smallest absolute Gasteiger partial charge is 0.369 e. The zero-order valence-electron chi connectivity index (χ0n) is 10.4. The van der Waals surface area contributed by atoms with Crippen molar-refractivity contribution in [1.29, 1.82) is 0 Å². The monoisotopic (exact) mass is 276 g/mol. The zero-order valence-corrected chi connectivity index (χ0v) is 11.2. The van der Waals surface area contributed by atoms with Crippen LogP contribution in [0.1, 0.15) is 16.7 Å². The molecule has 0 saturated carbocycles. The van der Waals surface area contributed by atoms with Crippen LogP contribution in [-0.4, -0.2) is 56.3 Å². The van der Waals surface area contributed by atoms with Crippen molar-refractivity contribution in [2.45, 2.75) is 6.92 Å². The Kier molecular flexibility index (Phi) is 7.23. The molecule has 0 saturated heterocycles. The lowest BCUT2D eigenvalue weighted by atomic mass is 10.7. The van der Waals surface area contributed by atoms with Gasteiger partial charge in [0.25, 0.3) is 5.19 Å². The van der Waals surface area contributed by atoms with Crippen LogP contribution >= 0.6 is 11.3 Å². The minimum Gasteiger partial charge on any atom is -0.466 e. The van der Waals surface area contributed by atoms with Gasteiger partial charge in [0, 0.05) is 7.11 Å². The molecule has 0 aliphatic heterocycles. The highest BCUT2D eigenvalue weighted by atomic mass is 32.1. The number of nitrogens with zero attached hydrogens (tertiary/aromatic N) is 2. The molecule has 0 aromatic carbocycles. The quantitative estimate of drug-likeness (QED) is 0.486. The van der Waals surface area contributed by atoms with E-state index in [9.17, 15) is 4.79 Å². The molecule has 0 unspecified atom stereocenters. The molecule has 1 aromatic rings. The van der Waals surface area contributed by atoms with E-state index in [1.807, 2.05) is 0 Å². The number of aromatic nitrogens is 2. The van der Waals surface area contributed by atoms with Crippen LogP contribution in [-0.2, 0) is 14.2 Å². The van der Waals surface area contributed by atoms with E-state index in [-0.39, 0.29) is 5.01 Å². The van der Waals surface area contributed by atoms with Crippen molar-refractivity contribution in [3.05, 3.63) is 5.01 Å². The topological polar surface area (TPSA) is 79.8 Å². The number of ether oxygens (including phenoxy) is 4. The Balaban J connectivity index is 2.21. The van der Waals surface area contributed by atoms with Crippen LogP contribution in [0, 0.1) is 0 Å². The Morgan fingerprint density at radius 1 is 1.22 bits per heavy atom. The van der Waals surface area contributed by atoms with Crippen LogP contribution < -0.4 is 4.74 Å². The van der Waals surface area contributed by atoms with Crippen LogP contribution in [0.3, 0.4) is 0 Å². The lowest BCUT2D eigenvalue weighted by molar-refractivity contribution is 0.0525. The third-order valence-electron chi connectivity index (χ3n) is 1.74. The van der Waals surface area contributed by atoms with Crippen molar-refractivity contribution in [3.8, 4) is 5.19 Å². The van der Waals surface area contributed by atoms with E-state index in [2.05, 4.69) is 10.2 Å². The highest BCUT2D eigenvalue weighted by Gasteiger charge is 2.14. The molecular formula is C10H16N2O5S. The van der Waals surface area contributed by atoms with Gasteiger partial charge in [-0.05, 0) is 18.3 Å². The third-order valence-corrected chi connectivity index (χ3v) is 2.56. The number of rotatable bonds is 9. The van der Waals surface area contributed by atoms with E-state index >= 15 is 0 Å². The maximum atomic E-state index is 11.3.